The van der Waals surface area contributed by atoms with Gasteiger partial charge in [-0.05, 0) is 30.7 Å². The predicted octanol–water partition coefficient (Wildman–Crippen LogP) is 1.64. The molecule has 110 valence electrons. The van der Waals surface area contributed by atoms with Gasteiger partial charge < -0.3 is 21.5 Å². The van der Waals surface area contributed by atoms with E-state index in [-0.39, 0.29) is 0 Å². The van der Waals surface area contributed by atoms with Crippen LogP contribution in [0.1, 0.15) is 16.8 Å². The summed E-state index contributed by atoms with van der Waals surface area (Å²) in [5.74, 6) is 0.918. The zero-order valence-electron chi connectivity index (χ0n) is 11.6. The highest BCUT2D eigenvalue weighted by Gasteiger charge is 2.06. The number of ether oxygens (including phenoxy) is 1. The van der Waals surface area contributed by atoms with Crippen LogP contribution in [0.25, 0.3) is 0 Å². The first-order valence-corrected chi connectivity index (χ1v) is 6.64. The van der Waals surface area contributed by atoms with E-state index >= 15 is 0 Å². The summed E-state index contributed by atoms with van der Waals surface area (Å²) in [4.78, 5) is 15.2. The molecule has 0 fully saturated rings. The number of primary amides is 1. The van der Waals surface area contributed by atoms with Gasteiger partial charge in [0, 0.05) is 24.5 Å². The highest BCUT2D eigenvalue weighted by atomic mass is 16.5. The first-order valence-electron chi connectivity index (χ1n) is 6.64. The van der Waals surface area contributed by atoms with Gasteiger partial charge in [0.2, 0.25) is 0 Å². The Morgan fingerprint density at radius 3 is 2.81 bits per heavy atom. The van der Waals surface area contributed by atoms with Crippen LogP contribution in [-0.2, 0) is 0 Å². The summed E-state index contributed by atoms with van der Waals surface area (Å²) in [6, 6.07) is 10.6. The molecular weight excluding hydrogens is 268 g/mol. The van der Waals surface area contributed by atoms with Crippen LogP contribution in [0.15, 0.2) is 42.6 Å². The second-order valence-electron chi connectivity index (χ2n) is 4.46. The van der Waals surface area contributed by atoms with Crippen molar-refractivity contribution in [3.8, 4) is 5.75 Å². The van der Waals surface area contributed by atoms with Crippen LogP contribution in [0.3, 0.4) is 0 Å². The third-order valence-electron chi connectivity index (χ3n) is 2.85. The quantitative estimate of drug-likeness (QED) is 0.530. The van der Waals surface area contributed by atoms with Gasteiger partial charge in [-0.25, -0.2) is 4.98 Å². The van der Waals surface area contributed by atoms with Gasteiger partial charge in [-0.1, -0.05) is 6.07 Å². The second kappa shape index (κ2) is 7.14. The molecule has 0 bridgehead atoms. The molecule has 0 radical (unpaired) electrons. The lowest BCUT2D eigenvalue weighted by atomic mass is 10.1. The number of carbonyl (C=O) groups is 1. The molecule has 0 atom stereocenters. The molecule has 0 saturated heterocycles. The molecule has 5 N–H and O–H groups in total. The normalized spacial score (nSPS) is 10.1. The number of benzene rings is 1. The van der Waals surface area contributed by atoms with Crippen molar-refractivity contribution in [2.45, 2.75) is 6.42 Å². The van der Waals surface area contributed by atoms with Crippen molar-refractivity contribution in [2.75, 3.05) is 24.2 Å². The minimum absolute atomic E-state index is 0.305. The lowest BCUT2D eigenvalue weighted by Crippen LogP contribution is -2.13. The highest BCUT2D eigenvalue weighted by Crippen LogP contribution is 2.19. The zero-order valence-corrected chi connectivity index (χ0v) is 11.6. The Morgan fingerprint density at radius 1 is 1.29 bits per heavy atom. The maximum atomic E-state index is 11.1. The van der Waals surface area contributed by atoms with Crippen LogP contribution < -0.4 is 21.5 Å². The average molecular weight is 286 g/mol. The minimum Gasteiger partial charge on any atom is -0.493 e. The first-order chi connectivity index (χ1) is 10.2. The second-order valence-corrected chi connectivity index (χ2v) is 4.46. The van der Waals surface area contributed by atoms with Gasteiger partial charge >= 0.3 is 0 Å². The van der Waals surface area contributed by atoms with E-state index in [1.54, 1.807) is 24.4 Å². The van der Waals surface area contributed by atoms with Crippen LogP contribution in [0.4, 0.5) is 11.5 Å². The number of pyridine rings is 1. The third kappa shape index (κ3) is 4.38. The van der Waals surface area contributed by atoms with Crippen LogP contribution in [0.5, 0.6) is 5.75 Å². The van der Waals surface area contributed by atoms with E-state index in [0.29, 0.717) is 23.6 Å². The Hall–Kier alpha value is -2.76. The van der Waals surface area contributed by atoms with E-state index < -0.39 is 5.91 Å². The Labute approximate surface area is 123 Å². The Kier molecular flexibility index (Phi) is 4.98. The molecule has 0 spiro atoms. The van der Waals surface area contributed by atoms with Gasteiger partial charge in [0.1, 0.15) is 11.6 Å². The maximum Gasteiger partial charge on any atom is 0.250 e. The van der Waals surface area contributed by atoms with E-state index in [0.717, 1.165) is 18.8 Å². The summed E-state index contributed by atoms with van der Waals surface area (Å²) < 4.78 is 5.57. The van der Waals surface area contributed by atoms with Crippen LogP contribution in [0.2, 0.25) is 0 Å². The maximum absolute atomic E-state index is 11.1. The minimum atomic E-state index is -0.543. The number of nitrogens with one attached hydrogen (secondary N) is 1. The van der Waals surface area contributed by atoms with E-state index in [2.05, 4.69) is 10.3 Å². The van der Waals surface area contributed by atoms with Gasteiger partial charge in [-0.2, -0.15) is 0 Å². The Morgan fingerprint density at radius 2 is 2.14 bits per heavy atom. The molecule has 2 aromatic rings. The molecule has 0 aliphatic rings. The standard InChI is InChI=1S/C15H18N4O2/c16-13-10-11(5-6-12(13)15(17)20)21-9-3-8-19-14-4-1-2-7-18-14/h1-2,4-7,10H,3,8-9,16H2,(H2,17,20)(H,18,19). The van der Waals surface area contributed by atoms with Gasteiger partial charge in [0.15, 0.2) is 0 Å². The summed E-state index contributed by atoms with van der Waals surface area (Å²) >= 11 is 0. The summed E-state index contributed by atoms with van der Waals surface area (Å²) in [7, 11) is 0. The number of amides is 1. The molecule has 0 saturated carbocycles. The van der Waals surface area contributed by atoms with Crippen molar-refractivity contribution in [1.82, 2.24) is 4.98 Å². The number of rotatable bonds is 7. The van der Waals surface area contributed by atoms with Crippen LogP contribution in [0, 0.1) is 0 Å². The van der Waals surface area contributed by atoms with Crippen molar-refractivity contribution < 1.29 is 9.53 Å². The number of carbonyl (C=O) groups excluding carboxylic acids is 1. The lowest BCUT2D eigenvalue weighted by Gasteiger charge is -2.09. The smallest absolute Gasteiger partial charge is 0.250 e. The molecular formula is C15H18N4O2. The molecule has 2 rings (SSSR count). The molecule has 6 nitrogen and oxygen atoms in total. The number of nitrogen functional groups attached to an aromatic ring is 1. The molecule has 1 aromatic carbocycles. The molecule has 0 aliphatic heterocycles. The SMILES string of the molecule is NC(=O)c1ccc(OCCCNc2ccccn2)cc1N. The Bertz CT molecular complexity index is 602. The van der Waals surface area contributed by atoms with Crippen LogP contribution in [-0.4, -0.2) is 24.0 Å². The predicted molar refractivity (Wildman–Crippen MR) is 82.2 cm³/mol. The number of anilines is 2. The van der Waals surface area contributed by atoms with Crippen molar-refractivity contribution in [1.29, 1.82) is 0 Å². The van der Waals surface area contributed by atoms with Crippen molar-refractivity contribution in [3.05, 3.63) is 48.2 Å². The summed E-state index contributed by atoms with van der Waals surface area (Å²) in [5.41, 5.74) is 11.5. The van der Waals surface area contributed by atoms with Gasteiger partial charge in [0.05, 0.1) is 12.2 Å². The molecule has 0 aliphatic carbocycles. The van der Waals surface area contributed by atoms with Gasteiger partial charge in [-0.3, -0.25) is 4.79 Å². The molecule has 6 heteroatoms. The number of nitrogens with two attached hydrogens (primary N) is 2. The number of hydrogen-bond donors (Lipinski definition) is 3. The summed E-state index contributed by atoms with van der Waals surface area (Å²) in [6.45, 7) is 1.29. The molecule has 1 heterocycles. The Balaban J connectivity index is 1.74. The van der Waals surface area contributed by atoms with E-state index in [1.807, 2.05) is 18.2 Å². The monoisotopic (exact) mass is 286 g/mol. The number of hydrogen-bond acceptors (Lipinski definition) is 5. The van der Waals surface area contributed by atoms with Gasteiger partial charge in [0.25, 0.3) is 5.91 Å². The molecule has 1 amide bonds. The zero-order chi connectivity index (χ0) is 15.1. The van der Waals surface area contributed by atoms with E-state index in [4.69, 9.17) is 16.2 Å². The molecule has 0 unspecified atom stereocenters. The topological polar surface area (TPSA) is 103 Å². The van der Waals surface area contributed by atoms with Gasteiger partial charge in [-0.15, -0.1) is 0 Å². The van der Waals surface area contributed by atoms with E-state index in [1.165, 1.54) is 0 Å². The lowest BCUT2D eigenvalue weighted by molar-refractivity contribution is 0.100. The highest BCUT2D eigenvalue weighted by molar-refractivity contribution is 5.98. The number of aromatic nitrogens is 1. The van der Waals surface area contributed by atoms with Crippen LogP contribution >= 0.6 is 0 Å². The molecule has 21 heavy (non-hydrogen) atoms. The summed E-state index contributed by atoms with van der Waals surface area (Å²) in [6.07, 6.45) is 2.55. The van der Waals surface area contributed by atoms with Crippen molar-refractivity contribution >= 4 is 17.4 Å². The van der Waals surface area contributed by atoms with Crippen molar-refractivity contribution in [3.63, 3.8) is 0 Å². The molecule has 1 aromatic heterocycles. The fourth-order valence-electron chi connectivity index (χ4n) is 1.80. The fraction of sp³-hybridized carbons (Fsp3) is 0.200. The first kappa shape index (κ1) is 14.6. The third-order valence-corrected chi connectivity index (χ3v) is 2.85. The fourth-order valence-corrected chi connectivity index (χ4v) is 1.80. The van der Waals surface area contributed by atoms with Crippen molar-refractivity contribution in [2.24, 2.45) is 5.73 Å². The summed E-state index contributed by atoms with van der Waals surface area (Å²) in [5, 5.41) is 3.19. The average Bonchev–Trinajstić information content (AvgIpc) is 2.47. The largest absolute Gasteiger partial charge is 0.493 e. The number of nitrogens with zero attached hydrogens (tertiary/aromatic N) is 1. The van der Waals surface area contributed by atoms with E-state index in [9.17, 15) is 4.79 Å².